The van der Waals surface area contributed by atoms with Crippen molar-refractivity contribution in [3.8, 4) is 0 Å². The largest absolute Gasteiger partial charge is 0.326 e. The summed E-state index contributed by atoms with van der Waals surface area (Å²) in [5.41, 5.74) is 2.03. The van der Waals surface area contributed by atoms with Crippen molar-refractivity contribution in [2.75, 3.05) is 5.32 Å². The van der Waals surface area contributed by atoms with Crippen LogP contribution in [0.15, 0.2) is 48.1 Å². The standard InChI is InChI=1S/C15H16N4S/c1-11-10-19(12(2)14-16-8-9-20-14)15(17-11)18-13-6-4-3-5-7-13/h3-10,12H,1-2H3,(H,17,18). The van der Waals surface area contributed by atoms with Crippen LogP contribution in [0.4, 0.5) is 11.6 Å². The average molecular weight is 284 g/mol. The molecular weight excluding hydrogens is 268 g/mol. The molecule has 20 heavy (non-hydrogen) atoms. The maximum Gasteiger partial charge on any atom is 0.208 e. The smallest absolute Gasteiger partial charge is 0.208 e. The normalized spacial score (nSPS) is 12.3. The summed E-state index contributed by atoms with van der Waals surface area (Å²) < 4.78 is 2.13. The van der Waals surface area contributed by atoms with Crippen LogP contribution in [0, 0.1) is 6.92 Å². The van der Waals surface area contributed by atoms with E-state index in [1.807, 2.05) is 48.8 Å². The molecule has 0 aliphatic rings. The molecule has 0 bridgehead atoms. The van der Waals surface area contributed by atoms with E-state index in [2.05, 4.69) is 33.0 Å². The fourth-order valence-electron chi connectivity index (χ4n) is 2.11. The molecule has 0 saturated heterocycles. The summed E-state index contributed by atoms with van der Waals surface area (Å²) in [6.45, 7) is 4.14. The highest BCUT2D eigenvalue weighted by atomic mass is 32.1. The highest BCUT2D eigenvalue weighted by molar-refractivity contribution is 7.09. The summed E-state index contributed by atoms with van der Waals surface area (Å²) in [7, 11) is 0. The van der Waals surface area contributed by atoms with E-state index in [0.717, 1.165) is 22.3 Å². The van der Waals surface area contributed by atoms with Gasteiger partial charge in [0.15, 0.2) is 0 Å². The van der Waals surface area contributed by atoms with E-state index in [1.165, 1.54) is 0 Å². The summed E-state index contributed by atoms with van der Waals surface area (Å²) in [5, 5.41) is 6.45. The van der Waals surface area contributed by atoms with E-state index in [1.54, 1.807) is 11.3 Å². The first kappa shape index (κ1) is 12.9. The molecule has 3 aromatic rings. The molecule has 0 fully saturated rings. The Kier molecular flexibility index (Phi) is 3.52. The highest BCUT2D eigenvalue weighted by Crippen LogP contribution is 2.26. The molecule has 0 radical (unpaired) electrons. The van der Waals surface area contributed by atoms with Gasteiger partial charge in [-0.15, -0.1) is 11.3 Å². The number of hydrogen-bond donors (Lipinski definition) is 1. The Bertz CT molecular complexity index is 673. The Balaban J connectivity index is 1.92. The predicted octanol–water partition coefficient (Wildman–Crippen LogP) is 4.00. The van der Waals surface area contributed by atoms with Gasteiger partial charge in [-0.25, -0.2) is 9.97 Å². The van der Waals surface area contributed by atoms with Gasteiger partial charge in [0.25, 0.3) is 0 Å². The zero-order chi connectivity index (χ0) is 13.9. The van der Waals surface area contributed by atoms with Crippen molar-refractivity contribution in [3.63, 3.8) is 0 Å². The maximum absolute atomic E-state index is 4.57. The summed E-state index contributed by atoms with van der Waals surface area (Å²) in [4.78, 5) is 8.96. The first-order valence-electron chi connectivity index (χ1n) is 6.51. The number of benzene rings is 1. The third-order valence-corrected chi connectivity index (χ3v) is 4.05. The Labute approximate surface area is 122 Å². The van der Waals surface area contributed by atoms with Crippen LogP contribution >= 0.6 is 11.3 Å². The molecule has 0 spiro atoms. The lowest BCUT2D eigenvalue weighted by molar-refractivity contribution is 0.642. The Hall–Kier alpha value is -2.14. The maximum atomic E-state index is 4.57. The van der Waals surface area contributed by atoms with Gasteiger partial charge in [-0.3, -0.25) is 0 Å². The second-order valence-corrected chi connectivity index (χ2v) is 5.58. The zero-order valence-corrected chi connectivity index (χ0v) is 12.3. The van der Waals surface area contributed by atoms with E-state index in [0.29, 0.717) is 0 Å². The first-order chi connectivity index (χ1) is 9.74. The first-order valence-corrected chi connectivity index (χ1v) is 7.39. The van der Waals surface area contributed by atoms with Crippen molar-refractivity contribution in [2.45, 2.75) is 19.9 Å². The number of nitrogens with zero attached hydrogens (tertiary/aromatic N) is 3. The monoisotopic (exact) mass is 284 g/mol. The minimum Gasteiger partial charge on any atom is -0.326 e. The van der Waals surface area contributed by atoms with Crippen LogP contribution in [-0.2, 0) is 0 Å². The van der Waals surface area contributed by atoms with Crippen molar-refractivity contribution in [1.82, 2.24) is 14.5 Å². The van der Waals surface area contributed by atoms with Crippen LogP contribution in [0.5, 0.6) is 0 Å². The number of aryl methyl sites for hydroxylation is 1. The molecule has 0 amide bonds. The number of para-hydroxylation sites is 1. The van der Waals surface area contributed by atoms with E-state index in [4.69, 9.17) is 0 Å². The van der Waals surface area contributed by atoms with Gasteiger partial charge in [-0.1, -0.05) is 18.2 Å². The molecule has 1 unspecified atom stereocenters. The molecule has 1 N–H and O–H groups in total. The number of aromatic nitrogens is 3. The van der Waals surface area contributed by atoms with Gasteiger partial charge >= 0.3 is 0 Å². The number of rotatable bonds is 4. The number of anilines is 2. The number of hydrogen-bond acceptors (Lipinski definition) is 4. The predicted molar refractivity (Wildman–Crippen MR) is 82.6 cm³/mol. The average Bonchev–Trinajstić information content (AvgIpc) is 3.09. The quantitative estimate of drug-likeness (QED) is 0.787. The van der Waals surface area contributed by atoms with Gasteiger partial charge in [-0.2, -0.15) is 0 Å². The van der Waals surface area contributed by atoms with Crippen LogP contribution in [0.25, 0.3) is 0 Å². The second kappa shape index (κ2) is 5.46. The minimum absolute atomic E-state index is 0.169. The van der Waals surface area contributed by atoms with Crippen LogP contribution in [0.2, 0.25) is 0 Å². The fourth-order valence-corrected chi connectivity index (χ4v) is 2.81. The second-order valence-electron chi connectivity index (χ2n) is 4.65. The van der Waals surface area contributed by atoms with Gasteiger partial charge in [0.2, 0.25) is 5.95 Å². The van der Waals surface area contributed by atoms with Crippen LogP contribution in [0.1, 0.15) is 23.7 Å². The van der Waals surface area contributed by atoms with Crippen LogP contribution in [-0.4, -0.2) is 14.5 Å². The summed E-state index contributed by atoms with van der Waals surface area (Å²) >= 11 is 1.66. The number of nitrogens with one attached hydrogen (secondary N) is 1. The minimum atomic E-state index is 0.169. The van der Waals surface area contributed by atoms with E-state index in [9.17, 15) is 0 Å². The summed E-state index contributed by atoms with van der Waals surface area (Å²) in [6, 6.07) is 10.2. The SMILES string of the molecule is Cc1cn(C(C)c2nccs2)c(Nc2ccccc2)n1. The lowest BCUT2D eigenvalue weighted by atomic mass is 10.3. The third kappa shape index (κ3) is 2.58. The summed E-state index contributed by atoms with van der Waals surface area (Å²) in [5.74, 6) is 0.844. The Morgan fingerprint density at radius 2 is 2.05 bits per heavy atom. The lowest BCUT2D eigenvalue weighted by Crippen LogP contribution is -2.09. The third-order valence-electron chi connectivity index (χ3n) is 3.11. The van der Waals surface area contributed by atoms with Gasteiger partial charge in [0.05, 0.1) is 11.7 Å². The van der Waals surface area contributed by atoms with E-state index >= 15 is 0 Å². The zero-order valence-electron chi connectivity index (χ0n) is 11.4. The van der Waals surface area contributed by atoms with Gasteiger partial charge < -0.3 is 9.88 Å². The fraction of sp³-hybridized carbons (Fsp3) is 0.200. The lowest BCUT2D eigenvalue weighted by Gasteiger charge is -2.14. The number of thiazole rings is 1. The molecule has 5 heteroatoms. The van der Waals surface area contributed by atoms with Crippen LogP contribution < -0.4 is 5.32 Å². The van der Waals surface area contributed by atoms with Gasteiger partial charge in [0.1, 0.15) is 5.01 Å². The van der Waals surface area contributed by atoms with Gasteiger partial charge in [-0.05, 0) is 26.0 Å². The molecule has 0 saturated carbocycles. The molecular formula is C15H16N4S. The molecule has 4 nitrogen and oxygen atoms in total. The molecule has 1 atom stereocenters. The van der Waals surface area contributed by atoms with Crippen molar-refractivity contribution >= 4 is 23.0 Å². The molecule has 0 aliphatic carbocycles. The highest BCUT2D eigenvalue weighted by Gasteiger charge is 2.15. The molecule has 2 heterocycles. The number of imidazole rings is 1. The Morgan fingerprint density at radius 3 is 2.75 bits per heavy atom. The van der Waals surface area contributed by atoms with Gasteiger partial charge in [0, 0.05) is 23.5 Å². The molecule has 1 aromatic carbocycles. The van der Waals surface area contributed by atoms with Crippen molar-refractivity contribution in [1.29, 1.82) is 0 Å². The topological polar surface area (TPSA) is 42.7 Å². The van der Waals surface area contributed by atoms with Crippen LogP contribution in [0.3, 0.4) is 0 Å². The van der Waals surface area contributed by atoms with Crippen molar-refractivity contribution in [3.05, 3.63) is 58.8 Å². The molecule has 102 valence electrons. The van der Waals surface area contributed by atoms with Crippen molar-refractivity contribution < 1.29 is 0 Å². The molecule has 3 rings (SSSR count). The summed E-state index contributed by atoms with van der Waals surface area (Å²) in [6.07, 6.45) is 3.89. The Morgan fingerprint density at radius 1 is 1.25 bits per heavy atom. The van der Waals surface area contributed by atoms with Crippen molar-refractivity contribution in [2.24, 2.45) is 0 Å². The van der Waals surface area contributed by atoms with E-state index < -0.39 is 0 Å². The molecule has 0 aliphatic heterocycles. The van der Waals surface area contributed by atoms with E-state index in [-0.39, 0.29) is 6.04 Å². The molecule has 2 aromatic heterocycles.